The third-order valence-corrected chi connectivity index (χ3v) is 5.99. The molecule has 7 nitrogen and oxygen atoms in total. The quantitative estimate of drug-likeness (QED) is 0.570. The van der Waals surface area contributed by atoms with Gasteiger partial charge in [-0.25, -0.2) is 4.79 Å². The first-order valence-corrected chi connectivity index (χ1v) is 10.8. The number of benzene rings is 2. The van der Waals surface area contributed by atoms with Crippen molar-refractivity contribution in [2.24, 2.45) is 0 Å². The Kier molecular flexibility index (Phi) is 5.48. The molecule has 2 aromatic carbocycles. The van der Waals surface area contributed by atoms with Gasteiger partial charge >= 0.3 is 5.97 Å². The highest BCUT2D eigenvalue weighted by molar-refractivity contribution is 6.06. The normalized spacial score (nSPS) is 16.1. The molecule has 0 unspecified atom stereocenters. The van der Waals surface area contributed by atoms with Gasteiger partial charge in [0, 0.05) is 18.0 Å². The lowest BCUT2D eigenvalue weighted by Gasteiger charge is -2.15. The van der Waals surface area contributed by atoms with Gasteiger partial charge in [-0.15, -0.1) is 0 Å². The topological polar surface area (TPSA) is 89.9 Å². The minimum absolute atomic E-state index is 0.161. The first-order chi connectivity index (χ1) is 16.1. The Labute approximate surface area is 191 Å². The van der Waals surface area contributed by atoms with Crippen LogP contribution in [-0.2, 0) is 11.3 Å². The number of fused-ring (bicyclic) bond motifs is 2. The molecular weight excluding hydrogens is 420 g/mol. The van der Waals surface area contributed by atoms with E-state index in [4.69, 9.17) is 19.2 Å². The molecular formula is C26H24N2O5. The van der Waals surface area contributed by atoms with Crippen molar-refractivity contribution in [1.82, 2.24) is 10.3 Å². The largest absolute Gasteiger partial charge is 0.497 e. The van der Waals surface area contributed by atoms with E-state index in [1.54, 1.807) is 7.11 Å². The Hall–Kier alpha value is -3.84. The molecule has 0 saturated heterocycles. The maximum Gasteiger partial charge on any atom is 0.333 e. The van der Waals surface area contributed by atoms with Gasteiger partial charge in [0.25, 0.3) is 0 Å². The highest BCUT2D eigenvalue weighted by Gasteiger charge is 2.38. The van der Waals surface area contributed by atoms with Gasteiger partial charge in [-0.1, -0.05) is 31.2 Å². The fourth-order valence-electron chi connectivity index (χ4n) is 4.44. The summed E-state index contributed by atoms with van der Waals surface area (Å²) >= 11 is 0. The summed E-state index contributed by atoms with van der Waals surface area (Å²) in [5.74, 6) is 0.524. The summed E-state index contributed by atoms with van der Waals surface area (Å²) in [5, 5.41) is 13.7. The summed E-state index contributed by atoms with van der Waals surface area (Å²) < 4.78 is 16.3. The summed E-state index contributed by atoms with van der Waals surface area (Å²) in [7, 11) is 1.60. The molecule has 0 radical (unpaired) electrons. The van der Waals surface area contributed by atoms with Gasteiger partial charge in [0.1, 0.15) is 5.75 Å². The molecule has 0 spiro atoms. The van der Waals surface area contributed by atoms with Crippen molar-refractivity contribution in [3.05, 3.63) is 88.2 Å². The van der Waals surface area contributed by atoms with Crippen LogP contribution in [0.15, 0.2) is 60.2 Å². The lowest BCUT2D eigenvalue weighted by Crippen LogP contribution is -2.13. The van der Waals surface area contributed by atoms with Crippen molar-refractivity contribution < 1.29 is 24.1 Å². The summed E-state index contributed by atoms with van der Waals surface area (Å²) in [6.07, 6.45) is 0. The number of hydrogen-bond donors (Lipinski definition) is 2. The molecule has 1 atom stereocenters. The fraction of sp³-hybridized carbons (Fsp3) is 0.231. The Morgan fingerprint density at radius 1 is 1.12 bits per heavy atom. The van der Waals surface area contributed by atoms with Crippen molar-refractivity contribution in [1.29, 1.82) is 0 Å². The molecule has 0 fully saturated rings. The standard InChI is InChI=1S/C26H24N2O5/c1-3-27-13-17-7-10-19-22(16-6-11-20-21(12-16)33-14-32-20)24(26(29)30)23(25(19)28-17)15-4-8-18(31-2)9-5-15/h4-12,22,27H,3,13-14H2,1-2H3,(H,29,30)/t22-/m0/s1. The van der Waals surface area contributed by atoms with Crippen LogP contribution in [0.25, 0.3) is 5.57 Å². The lowest BCUT2D eigenvalue weighted by molar-refractivity contribution is -0.132. The number of nitrogens with one attached hydrogen (secondary N) is 1. The van der Waals surface area contributed by atoms with Crippen molar-refractivity contribution >= 4 is 11.5 Å². The van der Waals surface area contributed by atoms with E-state index >= 15 is 0 Å². The van der Waals surface area contributed by atoms with Gasteiger partial charge in [0.2, 0.25) is 6.79 Å². The monoisotopic (exact) mass is 444 g/mol. The van der Waals surface area contributed by atoms with E-state index in [0.717, 1.165) is 28.9 Å². The van der Waals surface area contributed by atoms with E-state index in [1.807, 2.05) is 61.5 Å². The van der Waals surface area contributed by atoms with Gasteiger partial charge < -0.3 is 24.6 Å². The highest BCUT2D eigenvalue weighted by atomic mass is 16.7. The van der Waals surface area contributed by atoms with Crippen molar-refractivity contribution in [3.8, 4) is 17.2 Å². The molecule has 0 amide bonds. The summed E-state index contributed by atoms with van der Waals surface area (Å²) in [6, 6.07) is 17.0. The van der Waals surface area contributed by atoms with Crippen LogP contribution in [0, 0.1) is 0 Å². The Balaban J connectivity index is 1.71. The average Bonchev–Trinajstić information content (AvgIpc) is 3.44. The second-order valence-corrected chi connectivity index (χ2v) is 7.89. The molecule has 3 aromatic rings. The number of hydrogen-bond acceptors (Lipinski definition) is 6. The zero-order valence-electron chi connectivity index (χ0n) is 18.4. The molecule has 33 heavy (non-hydrogen) atoms. The van der Waals surface area contributed by atoms with Crippen LogP contribution < -0.4 is 19.5 Å². The predicted molar refractivity (Wildman–Crippen MR) is 123 cm³/mol. The number of aliphatic carboxylic acids is 1. The molecule has 1 aromatic heterocycles. The summed E-state index contributed by atoms with van der Waals surface area (Å²) in [5.41, 5.74) is 4.93. The van der Waals surface area contributed by atoms with Gasteiger partial charge in [-0.2, -0.15) is 0 Å². The molecule has 0 bridgehead atoms. The van der Waals surface area contributed by atoms with Gasteiger partial charge in [0.05, 0.1) is 24.1 Å². The summed E-state index contributed by atoms with van der Waals surface area (Å²) in [4.78, 5) is 17.6. The van der Waals surface area contributed by atoms with Crippen LogP contribution in [-0.4, -0.2) is 36.5 Å². The zero-order chi connectivity index (χ0) is 22.9. The van der Waals surface area contributed by atoms with Crippen LogP contribution in [0.1, 0.15) is 40.9 Å². The van der Waals surface area contributed by atoms with E-state index in [2.05, 4.69) is 5.32 Å². The number of rotatable bonds is 7. The predicted octanol–water partition coefficient (Wildman–Crippen LogP) is 3.96. The lowest BCUT2D eigenvalue weighted by atomic mass is 9.88. The smallest absolute Gasteiger partial charge is 0.333 e. The van der Waals surface area contributed by atoms with Gasteiger partial charge in [0.15, 0.2) is 11.5 Å². The summed E-state index contributed by atoms with van der Waals surface area (Å²) in [6.45, 7) is 3.62. The maximum absolute atomic E-state index is 12.7. The third kappa shape index (κ3) is 3.70. The molecule has 0 saturated carbocycles. The number of methoxy groups -OCH3 is 1. The molecule has 5 rings (SSSR count). The van der Waals surface area contributed by atoms with Crippen LogP contribution in [0.2, 0.25) is 0 Å². The van der Waals surface area contributed by atoms with Gasteiger partial charge in [-0.05, 0) is 53.6 Å². The molecule has 168 valence electrons. The minimum Gasteiger partial charge on any atom is -0.497 e. The SMILES string of the molecule is CCNCc1ccc2c(n1)C(c1ccc(OC)cc1)=C(C(=O)O)[C@H]2c1ccc2c(c1)OCO2. The number of ether oxygens (including phenoxy) is 3. The van der Waals surface area contributed by atoms with Crippen molar-refractivity contribution in [3.63, 3.8) is 0 Å². The fourth-order valence-corrected chi connectivity index (χ4v) is 4.44. The van der Waals surface area contributed by atoms with E-state index in [9.17, 15) is 9.90 Å². The van der Waals surface area contributed by atoms with E-state index in [1.165, 1.54) is 0 Å². The Morgan fingerprint density at radius 2 is 1.91 bits per heavy atom. The molecule has 7 heteroatoms. The van der Waals surface area contributed by atoms with Crippen molar-refractivity contribution in [2.45, 2.75) is 19.4 Å². The van der Waals surface area contributed by atoms with Crippen LogP contribution in [0.5, 0.6) is 17.2 Å². The highest BCUT2D eigenvalue weighted by Crippen LogP contribution is 2.49. The van der Waals surface area contributed by atoms with Gasteiger partial charge in [-0.3, -0.25) is 4.98 Å². The second kappa shape index (κ2) is 8.60. The van der Waals surface area contributed by atoms with Crippen LogP contribution in [0.3, 0.4) is 0 Å². The molecule has 1 aliphatic carbocycles. The van der Waals surface area contributed by atoms with Crippen LogP contribution >= 0.6 is 0 Å². The second-order valence-electron chi connectivity index (χ2n) is 7.89. The number of carboxylic acid groups (broad SMARTS) is 1. The number of pyridine rings is 1. The zero-order valence-corrected chi connectivity index (χ0v) is 18.4. The minimum atomic E-state index is -0.977. The Morgan fingerprint density at radius 3 is 2.64 bits per heavy atom. The number of carboxylic acids is 1. The van der Waals surface area contributed by atoms with Crippen molar-refractivity contribution in [2.75, 3.05) is 20.4 Å². The van der Waals surface area contributed by atoms with Crippen LogP contribution in [0.4, 0.5) is 0 Å². The first-order valence-electron chi connectivity index (χ1n) is 10.8. The average molecular weight is 444 g/mol. The maximum atomic E-state index is 12.7. The Bertz CT molecular complexity index is 1250. The number of carbonyl (C=O) groups is 1. The molecule has 2 aliphatic rings. The molecule has 1 aliphatic heterocycles. The first kappa shape index (κ1) is 21.0. The van der Waals surface area contributed by atoms with E-state index < -0.39 is 11.9 Å². The number of nitrogens with zero attached hydrogens (tertiary/aromatic N) is 1. The van der Waals surface area contributed by atoms with E-state index in [-0.39, 0.29) is 6.79 Å². The molecule has 2 heterocycles. The third-order valence-electron chi connectivity index (χ3n) is 5.99. The molecule has 2 N–H and O–H groups in total. The van der Waals surface area contributed by atoms with E-state index in [0.29, 0.717) is 40.6 Å². The number of aromatic nitrogens is 1.